The Balaban J connectivity index is 2.46. The average Bonchev–Trinajstić information content (AvgIpc) is 2.04. The van der Waals surface area contributed by atoms with E-state index in [1.165, 1.54) is 0 Å². The zero-order valence-corrected chi connectivity index (χ0v) is 7.79. The van der Waals surface area contributed by atoms with E-state index < -0.39 is 5.97 Å². The summed E-state index contributed by atoms with van der Waals surface area (Å²) < 4.78 is 0. The van der Waals surface area contributed by atoms with Crippen molar-refractivity contribution in [2.75, 3.05) is 14.1 Å². The Kier molecular flexibility index (Phi) is 3.09. The van der Waals surface area contributed by atoms with E-state index in [0.717, 1.165) is 25.7 Å². The summed E-state index contributed by atoms with van der Waals surface area (Å²) >= 11 is 0. The maximum atomic E-state index is 10.7. The van der Waals surface area contributed by atoms with Gasteiger partial charge in [0.2, 0.25) is 0 Å². The second-order valence-electron chi connectivity index (χ2n) is 3.82. The first-order chi connectivity index (χ1) is 5.61. The molecule has 1 fully saturated rings. The van der Waals surface area contributed by atoms with Gasteiger partial charge in [0.25, 0.3) is 0 Å². The quantitative estimate of drug-likeness (QED) is 0.678. The van der Waals surface area contributed by atoms with Crippen LogP contribution in [0.5, 0.6) is 0 Å². The van der Waals surface area contributed by atoms with E-state index in [1.54, 1.807) is 0 Å². The first-order valence-electron chi connectivity index (χ1n) is 4.50. The highest BCUT2D eigenvalue weighted by atomic mass is 16.4. The van der Waals surface area contributed by atoms with E-state index in [-0.39, 0.29) is 5.92 Å². The van der Waals surface area contributed by atoms with E-state index in [9.17, 15) is 4.79 Å². The third kappa shape index (κ3) is 2.21. The summed E-state index contributed by atoms with van der Waals surface area (Å²) in [6.45, 7) is 0. The average molecular weight is 171 g/mol. The summed E-state index contributed by atoms with van der Waals surface area (Å²) in [5, 5.41) is 8.82. The first-order valence-corrected chi connectivity index (χ1v) is 4.50. The van der Waals surface area contributed by atoms with Crippen LogP contribution >= 0.6 is 0 Å². The molecule has 0 radical (unpaired) electrons. The minimum atomic E-state index is -0.624. The molecule has 3 nitrogen and oxygen atoms in total. The molecule has 0 aromatic rings. The van der Waals surface area contributed by atoms with Gasteiger partial charge in [-0.05, 0) is 33.4 Å². The smallest absolute Gasteiger partial charge is 0.306 e. The van der Waals surface area contributed by atoms with Gasteiger partial charge in [-0.15, -0.1) is 0 Å². The zero-order chi connectivity index (χ0) is 9.14. The van der Waals surface area contributed by atoms with Crippen LogP contribution in [0.25, 0.3) is 0 Å². The number of carboxylic acids is 1. The molecule has 0 spiro atoms. The maximum Gasteiger partial charge on any atom is 0.306 e. The second-order valence-corrected chi connectivity index (χ2v) is 3.82. The first kappa shape index (κ1) is 9.52. The molecule has 1 aliphatic carbocycles. The van der Waals surface area contributed by atoms with Crippen molar-refractivity contribution in [3.63, 3.8) is 0 Å². The lowest BCUT2D eigenvalue weighted by Gasteiger charge is -2.31. The molecule has 0 unspecified atom stereocenters. The summed E-state index contributed by atoms with van der Waals surface area (Å²) in [6.07, 6.45) is 3.89. The summed E-state index contributed by atoms with van der Waals surface area (Å²) in [5.41, 5.74) is 0. The highest BCUT2D eigenvalue weighted by Gasteiger charge is 2.27. The number of hydrogen-bond donors (Lipinski definition) is 1. The van der Waals surface area contributed by atoms with Gasteiger partial charge in [-0.3, -0.25) is 4.79 Å². The molecule has 0 aliphatic heterocycles. The highest BCUT2D eigenvalue weighted by Crippen LogP contribution is 2.26. The Labute approximate surface area is 73.4 Å². The van der Waals surface area contributed by atoms with Crippen molar-refractivity contribution in [2.24, 2.45) is 5.92 Å². The molecule has 70 valence electrons. The van der Waals surface area contributed by atoms with Crippen molar-refractivity contribution in [3.8, 4) is 0 Å². The number of hydrogen-bond acceptors (Lipinski definition) is 2. The Hall–Kier alpha value is -0.570. The molecule has 1 N–H and O–H groups in total. The summed E-state index contributed by atoms with van der Waals surface area (Å²) in [7, 11) is 4.05. The van der Waals surface area contributed by atoms with E-state index in [1.807, 2.05) is 14.1 Å². The van der Waals surface area contributed by atoms with Gasteiger partial charge < -0.3 is 10.0 Å². The van der Waals surface area contributed by atoms with Gasteiger partial charge in [0.15, 0.2) is 0 Å². The van der Waals surface area contributed by atoms with Gasteiger partial charge in [-0.25, -0.2) is 0 Å². The second kappa shape index (κ2) is 3.90. The molecule has 0 aromatic carbocycles. The Morgan fingerprint density at radius 1 is 1.42 bits per heavy atom. The van der Waals surface area contributed by atoms with Crippen molar-refractivity contribution in [3.05, 3.63) is 0 Å². The number of nitrogens with zero attached hydrogens (tertiary/aromatic N) is 1. The standard InChI is InChI=1S/C9H17NO2/c1-10(2)8-5-3-4-7(6-8)9(11)12/h7-8H,3-6H2,1-2H3,(H,11,12)/t7-,8+/m0/s1. The van der Waals surface area contributed by atoms with Crippen molar-refractivity contribution >= 4 is 5.97 Å². The van der Waals surface area contributed by atoms with Gasteiger partial charge in [0, 0.05) is 6.04 Å². The lowest BCUT2D eigenvalue weighted by Crippen LogP contribution is -2.35. The molecule has 1 saturated carbocycles. The van der Waals surface area contributed by atoms with Crippen LogP contribution < -0.4 is 0 Å². The molecular weight excluding hydrogens is 154 g/mol. The van der Waals surface area contributed by atoms with Gasteiger partial charge in [-0.1, -0.05) is 6.42 Å². The number of carbonyl (C=O) groups is 1. The summed E-state index contributed by atoms with van der Waals surface area (Å²) in [4.78, 5) is 12.8. The summed E-state index contributed by atoms with van der Waals surface area (Å²) in [6, 6.07) is 0.472. The fourth-order valence-electron chi connectivity index (χ4n) is 1.86. The van der Waals surface area contributed by atoms with Crippen LogP contribution in [-0.4, -0.2) is 36.1 Å². The van der Waals surface area contributed by atoms with Crippen LogP contribution in [-0.2, 0) is 4.79 Å². The van der Waals surface area contributed by atoms with Crippen LogP contribution in [0, 0.1) is 5.92 Å². The molecule has 0 bridgehead atoms. The van der Waals surface area contributed by atoms with Crippen LogP contribution in [0.15, 0.2) is 0 Å². The van der Waals surface area contributed by atoms with E-state index in [2.05, 4.69) is 4.90 Å². The largest absolute Gasteiger partial charge is 0.481 e. The third-order valence-corrected chi connectivity index (χ3v) is 2.73. The topological polar surface area (TPSA) is 40.5 Å². The van der Waals surface area contributed by atoms with Crippen LogP contribution in [0.2, 0.25) is 0 Å². The van der Waals surface area contributed by atoms with E-state index >= 15 is 0 Å². The Morgan fingerprint density at radius 2 is 2.08 bits per heavy atom. The monoisotopic (exact) mass is 171 g/mol. The Morgan fingerprint density at radius 3 is 2.58 bits per heavy atom. The van der Waals surface area contributed by atoms with Crippen molar-refractivity contribution < 1.29 is 9.90 Å². The van der Waals surface area contributed by atoms with E-state index in [0.29, 0.717) is 6.04 Å². The minimum absolute atomic E-state index is 0.105. The van der Waals surface area contributed by atoms with Gasteiger partial charge >= 0.3 is 5.97 Å². The molecule has 0 heterocycles. The molecule has 1 aliphatic rings. The fourth-order valence-corrected chi connectivity index (χ4v) is 1.86. The summed E-state index contributed by atoms with van der Waals surface area (Å²) in [5.74, 6) is -0.729. The lowest BCUT2D eigenvalue weighted by molar-refractivity contribution is -0.143. The number of rotatable bonds is 2. The van der Waals surface area contributed by atoms with Crippen molar-refractivity contribution in [2.45, 2.75) is 31.7 Å². The molecular formula is C9H17NO2. The van der Waals surface area contributed by atoms with Gasteiger partial charge in [0.1, 0.15) is 0 Å². The van der Waals surface area contributed by atoms with E-state index in [4.69, 9.17) is 5.11 Å². The fraction of sp³-hybridized carbons (Fsp3) is 0.889. The minimum Gasteiger partial charge on any atom is -0.481 e. The molecule has 0 aromatic heterocycles. The van der Waals surface area contributed by atoms with Gasteiger partial charge in [-0.2, -0.15) is 0 Å². The molecule has 0 amide bonds. The highest BCUT2D eigenvalue weighted by molar-refractivity contribution is 5.70. The molecule has 0 saturated heterocycles. The Bertz CT molecular complexity index is 168. The van der Waals surface area contributed by atoms with Crippen LogP contribution in [0.3, 0.4) is 0 Å². The SMILES string of the molecule is CN(C)[C@@H]1CCC[C@H](C(=O)O)C1. The van der Waals surface area contributed by atoms with Crippen molar-refractivity contribution in [1.82, 2.24) is 4.90 Å². The molecule has 1 rings (SSSR count). The zero-order valence-electron chi connectivity index (χ0n) is 7.79. The number of carboxylic acid groups (broad SMARTS) is 1. The lowest BCUT2D eigenvalue weighted by atomic mass is 9.85. The normalized spacial score (nSPS) is 30.6. The number of aliphatic carboxylic acids is 1. The predicted molar refractivity (Wildman–Crippen MR) is 47.1 cm³/mol. The molecule has 2 atom stereocenters. The maximum absolute atomic E-state index is 10.7. The van der Waals surface area contributed by atoms with Crippen molar-refractivity contribution in [1.29, 1.82) is 0 Å². The molecule has 3 heteroatoms. The predicted octanol–water partition coefficient (Wildman–Crippen LogP) is 1.19. The van der Waals surface area contributed by atoms with Crippen LogP contribution in [0.1, 0.15) is 25.7 Å². The van der Waals surface area contributed by atoms with Gasteiger partial charge in [0.05, 0.1) is 5.92 Å². The molecule has 12 heavy (non-hydrogen) atoms. The third-order valence-electron chi connectivity index (χ3n) is 2.73. The van der Waals surface area contributed by atoms with Crippen LogP contribution in [0.4, 0.5) is 0 Å².